The fourth-order valence-electron chi connectivity index (χ4n) is 1.61. The van der Waals surface area contributed by atoms with E-state index in [9.17, 15) is 9.90 Å². The van der Waals surface area contributed by atoms with Crippen LogP contribution in [0.5, 0.6) is 5.75 Å². The van der Waals surface area contributed by atoms with Gasteiger partial charge in [0.05, 0.1) is 5.02 Å². The van der Waals surface area contributed by atoms with Crippen LogP contribution in [0.4, 0.5) is 5.69 Å². The predicted molar refractivity (Wildman–Crippen MR) is 62.9 cm³/mol. The molecular formula is C10H10ClNO2S. The molecule has 1 unspecified atom stereocenters. The van der Waals surface area contributed by atoms with E-state index in [2.05, 4.69) is 12.6 Å². The number of thiol groups is 1. The molecule has 0 saturated carbocycles. The van der Waals surface area contributed by atoms with E-state index in [0.717, 1.165) is 0 Å². The molecule has 3 nitrogen and oxygen atoms in total. The molecule has 80 valence electrons. The molecule has 1 heterocycles. The number of aromatic hydroxyl groups is 1. The number of amides is 1. The van der Waals surface area contributed by atoms with Gasteiger partial charge in [-0.15, -0.1) is 0 Å². The molecular weight excluding hydrogens is 234 g/mol. The average molecular weight is 244 g/mol. The van der Waals surface area contributed by atoms with Crippen LogP contribution in [0.3, 0.4) is 0 Å². The Balaban J connectivity index is 2.30. The third-order valence-electron chi connectivity index (χ3n) is 2.35. The summed E-state index contributed by atoms with van der Waals surface area (Å²) in [4.78, 5) is 13.1. The molecule has 2 rings (SSSR count). The highest BCUT2D eigenvalue weighted by molar-refractivity contribution is 7.81. The van der Waals surface area contributed by atoms with Gasteiger partial charge in [-0.2, -0.15) is 12.6 Å². The standard InChI is InChI=1S/C10H10ClNO2S/c11-8-2-1-6(3-9(8)13)12-5-7(15)4-10(12)14/h1-3,7,13,15H,4-5H2. The number of carbonyl (C=O) groups excluding carboxylic acids is 1. The van der Waals surface area contributed by atoms with Crippen LogP contribution in [0.15, 0.2) is 18.2 Å². The summed E-state index contributed by atoms with van der Waals surface area (Å²) >= 11 is 9.94. The first-order valence-electron chi connectivity index (χ1n) is 4.55. The number of anilines is 1. The van der Waals surface area contributed by atoms with Gasteiger partial charge in [-0.25, -0.2) is 0 Å². The summed E-state index contributed by atoms with van der Waals surface area (Å²) in [6.07, 6.45) is 0.437. The van der Waals surface area contributed by atoms with E-state index < -0.39 is 0 Å². The van der Waals surface area contributed by atoms with Gasteiger partial charge in [-0.3, -0.25) is 4.79 Å². The van der Waals surface area contributed by atoms with Crippen LogP contribution in [-0.4, -0.2) is 22.8 Å². The summed E-state index contributed by atoms with van der Waals surface area (Å²) in [7, 11) is 0. The Hall–Kier alpha value is -0.870. The monoisotopic (exact) mass is 243 g/mol. The molecule has 15 heavy (non-hydrogen) atoms. The van der Waals surface area contributed by atoms with Crippen LogP contribution < -0.4 is 4.90 Å². The second kappa shape index (κ2) is 3.94. The van der Waals surface area contributed by atoms with Crippen molar-refractivity contribution in [3.05, 3.63) is 23.2 Å². The van der Waals surface area contributed by atoms with Crippen molar-refractivity contribution in [2.45, 2.75) is 11.7 Å². The zero-order valence-electron chi connectivity index (χ0n) is 7.85. The van der Waals surface area contributed by atoms with Gasteiger partial charge in [0.25, 0.3) is 0 Å². The molecule has 1 aromatic carbocycles. The Morgan fingerprint density at radius 3 is 2.80 bits per heavy atom. The van der Waals surface area contributed by atoms with Crippen LogP contribution in [-0.2, 0) is 4.79 Å². The van der Waals surface area contributed by atoms with E-state index in [0.29, 0.717) is 18.7 Å². The topological polar surface area (TPSA) is 40.5 Å². The molecule has 0 bridgehead atoms. The Morgan fingerprint density at radius 1 is 1.53 bits per heavy atom. The molecule has 0 radical (unpaired) electrons. The predicted octanol–water partition coefficient (Wildman–Crippen LogP) is 2.08. The van der Waals surface area contributed by atoms with Crippen molar-refractivity contribution in [2.24, 2.45) is 0 Å². The van der Waals surface area contributed by atoms with E-state index in [1.165, 1.54) is 6.07 Å². The maximum Gasteiger partial charge on any atom is 0.228 e. The minimum absolute atomic E-state index is 0.00965. The highest BCUT2D eigenvalue weighted by Crippen LogP contribution is 2.31. The zero-order chi connectivity index (χ0) is 11.0. The van der Waals surface area contributed by atoms with Crippen molar-refractivity contribution in [3.63, 3.8) is 0 Å². The summed E-state index contributed by atoms with van der Waals surface area (Å²) in [5.74, 6) is 0.0151. The Kier molecular flexibility index (Phi) is 2.80. The third-order valence-corrected chi connectivity index (χ3v) is 3.01. The molecule has 1 aromatic rings. The minimum atomic E-state index is -0.00965. The van der Waals surface area contributed by atoms with Crippen LogP contribution in [0.1, 0.15) is 6.42 Å². The van der Waals surface area contributed by atoms with E-state index in [1.54, 1.807) is 17.0 Å². The number of hydrogen-bond donors (Lipinski definition) is 2. The van der Waals surface area contributed by atoms with E-state index >= 15 is 0 Å². The molecule has 5 heteroatoms. The van der Waals surface area contributed by atoms with Gasteiger partial charge in [-0.05, 0) is 12.1 Å². The lowest BCUT2D eigenvalue weighted by Crippen LogP contribution is -2.24. The van der Waals surface area contributed by atoms with E-state index in [4.69, 9.17) is 11.6 Å². The van der Waals surface area contributed by atoms with Gasteiger partial charge in [0.15, 0.2) is 0 Å². The lowest BCUT2D eigenvalue weighted by Gasteiger charge is -2.16. The molecule has 1 aliphatic rings. The van der Waals surface area contributed by atoms with E-state index in [-0.39, 0.29) is 21.9 Å². The number of halogens is 1. The van der Waals surface area contributed by atoms with Crippen LogP contribution in [0.2, 0.25) is 5.02 Å². The zero-order valence-corrected chi connectivity index (χ0v) is 9.50. The number of hydrogen-bond acceptors (Lipinski definition) is 3. The molecule has 1 atom stereocenters. The summed E-state index contributed by atoms with van der Waals surface area (Å²) < 4.78 is 0. The van der Waals surface area contributed by atoms with Gasteiger partial charge < -0.3 is 10.0 Å². The maximum absolute atomic E-state index is 11.5. The second-order valence-corrected chi connectivity index (χ2v) is 4.64. The van der Waals surface area contributed by atoms with Crippen LogP contribution in [0, 0.1) is 0 Å². The maximum atomic E-state index is 11.5. The Morgan fingerprint density at radius 2 is 2.27 bits per heavy atom. The fraction of sp³-hybridized carbons (Fsp3) is 0.300. The van der Waals surface area contributed by atoms with Crippen molar-refractivity contribution >= 4 is 35.8 Å². The minimum Gasteiger partial charge on any atom is -0.506 e. The lowest BCUT2D eigenvalue weighted by molar-refractivity contribution is -0.117. The molecule has 1 fully saturated rings. The molecule has 1 aliphatic heterocycles. The number of phenolic OH excluding ortho intramolecular Hbond substituents is 1. The molecule has 1 saturated heterocycles. The number of carbonyl (C=O) groups is 1. The highest BCUT2D eigenvalue weighted by Gasteiger charge is 2.28. The van der Waals surface area contributed by atoms with Gasteiger partial charge in [0.2, 0.25) is 5.91 Å². The number of phenols is 1. The number of benzene rings is 1. The van der Waals surface area contributed by atoms with Gasteiger partial charge in [-0.1, -0.05) is 11.6 Å². The molecule has 0 aromatic heterocycles. The largest absolute Gasteiger partial charge is 0.506 e. The number of rotatable bonds is 1. The van der Waals surface area contributed by atoms with Crippen molar-refractivity contribution in [2.75, 3.05) is 11.4 Å². The van der Waals surface area contributed by atoms with Crippen LogP contribution in [0.25, 0.3) is 0 Å². The third kappa shape index (κ3) is 2.06. The van der Waals surface area contributed by atoms with Gasteiger partial charge >= 0.3 is 0 Å². The average Bonchev–Trinajstić information content (AvgIpc) is 2.50. The Bertz CT molecular complexity index is 410. The molecule has 1 N–H and O–H groups in total. The number of nitrogens with zero attached hydrogens (tertiary/aromatic N) is 1. The van der Waals surface area contributed by atoms with Crippen LogP contribution >= 0.6 is 24.2 Å². The Labute approximate surface area is 98.1 Å². The molecule has 1 amide bonds. The van der Waals surface area contributed by atoms with Crippen molar-refractivity contribution in [3.8, 4) is 5.75 Å². The van der Waals surface area contributed by atoms with E-state index in [1.807, 2.05) is 0 Å². The summed E-state index contributed by atoms with van der Waals surface area (Å²) in [6, 6.07) is 4.78. The highest BCUT2D eigenvalue weighted by atomic mass is 35.5. The van der Waals surface area contributed by atoms with Crippen molar-refractivity contribution in [1.29, 1.82) is 0 Å². The lowest BCUT2D eigenvalue weighted by atomic mass is 10.3. The van der Waals surface area contributed by atoms with Gasteiger partial charge in [0, 0.05) is 30.0 Å². The van der Waals surface area contributed by atoms with Crippen molar-refractivity contribution in [1.82, 2.24) is 0 Å². The van der Waals surface area contributed by atoms with Gasteiger partial charge in [0.1, 0.15) is 5.75 Å². The quantitative estimate of drug-likeness (QED) is 0.742. The fourth-order valence-corrected chi connectivity index (χ4v) is 2.04. The summed E-state index contributed by atoms with van der Waals surface area (Å²) in [5, 5.41) is 9.77. The van der Waals surface area contributed by atoms with Crippen molar-refractivity contribution < 1.29 is 9.90 Å². The smallest absolute Gasteiger partial charge is 0.228 e. The second-order valence-electron chi connectivity index (χ2n) is 3.50. The first-order chi connectivity index (χ1) is 7.08. The summed E-state index contributed by atoms with van der Waals surface area (Å²) in [6.45, 7) is 0.572. The summed E-state index contributed by atoms with van der Waals surface area (Å²) in [5.41, 5.74) is 0.665. The molecule has 0 spiro atoms. The first kappa shape index (κ1) is 10.6. The SMILES string of the molecule is O=C1CC(S)CN1c1ccc(Cl)c(O)c1. The normalized spacial score (nSPS) is 21.1. The first-order valence-corrected chi connectivity index (χ1v) is 5.44. The molecule has 0 aliphatic carbocycles.